The van der Waals surface area contributed by atoms with E-state index in [1.165, 1.54) is 45.2 Å². The Hall–Kier alpha value is -3.27. The molecular formula is C22H22F4N2O4. The van der Waals surface area contributed by atoms with Crippen LogP contribution >= 0.6 is 0 Å². The standard InChI is InChI=1S/C22H22F4N2O4/c1-5-18(23)14(2)21(29,13-28(30)31)20(3,4)19-11-8-16(12-27-19)15-6-9-17(10-7-15)32-22(24,25)26/h5-12,29H,2,13H2,1,3-4H3/b18-5+/t21-/m1/s1. The average Bonchev–Trinajstić information content (AvgIpc) is 2.71. The zero-order valence-electron chi connectivity index (χ0n) is 17.6. The second-order valence-corrected chi connectivity index (χ2v) is 7.60. The summed E-state index contributed by atoms with van der Waals surface area (Å²) < 4.78 is 54.9. The van der Waals surface area contributed by atoms with Crippen molar-refractivity contribution >= 4 is 0 Å². The molecule has 0 unspecified atom stereocenters. The quantitative estimate of drug-likeness (QED) is 0.251. The number of halogens is 4. The maximum absolute atomic E-state index is 14.2. The molecule has 0 radical (unpaired) electrons. The molecule has 6 nitrogen and oxygen atoms in total. The van der Waals surface area contributed by atoms with Crippen molar-refractivity contribution in [3.63, 3.8) is 0 Å². The number of hydrogen-bond donors (Lipinski definition) is 1. The highest BCUT2D eigenvalue weighted by atomic mass is 19.4. The molecule has 1 N–H and O–H groups in total. The second kappa shape index (κ2) is 9.07. The smallest absolute Gasteiger partial charge is 0.406 e. The minimum absolute atomic E-state index is 0.229. The summed E-state index contributed by atoms with van der Waals surface area (Å²) in [7, 11) is 0. The van der Waals surface area contributed by atoms with Crippen molar-refractivity contribution in [2.75, 3.05) is 6.54 Å². The van der Waals surface area contributed by atoms with Gasteiger partial charge in [-0.15, -0.1) is 13.2 Å². The summed E-state index contributed by atoms with van der Waals surface area (Å²) in [6.45, 7) is 6.87. The normalized spacial score (nSPS) is 14.6. The van der Waals surface area contributed by atoms with Crippen LogP contribution in [0.5, 0.6) is 5.75 Å². The number of nitrogens with zero attached hydrogens (tertiary/aromatic N) is 2. The van der Waals surface area contributed by atoms with Crippen LogP contribution in [0.15, 0.2) is 66.6 Å². The van der Waals surface area contributed by atoms with E-state index in [2.05, 4.69) is 16.3 Å². The fourth-order valence-electron chi connectivity index (χ4n) is 3.22. The van der Waals surface area contributed by atoms with Gasteiger partial charge in [-0.25, -0.2) is 4.39 Å². The van der Waals surface area contributed by atoms with Gasteiger partial charge in [0.1, 0.15) is 11.6 Å². The summed E-state index contributed by atoms with van der Waals surface area (Å²) in [6, 6.07) is 8.22. The summed E-state index contributed by atoms with van der Waals surface area (Å²) in [5.41, 5.74) is -2.82. The molecule has 0 amide bonds. The number of allylic oxidation sites excluding steroid dienone is 1. The number of hydrogen-bond acceptors (Lipinski definition) is 5. The van der Waals surface area contributed by atoms with Crippen molar-refractivity contribution in [2.24, 2.45) is 0 Å². The molecule has 1 aromatic carbocycles. The molecule has 1 heterocycles. The fourth-order valence-corrected chi connectivity index (χ4v) is 3.22. The molecule has 0 saturated heterocycles. The van der Waals surface area contributed by atoms with Gasteiger partial charge in [-0.3, -0.25) is 15.1 Å². The minimum atomic E-state index is -4.80. The van der Waals surface area contributed by atoms with Gasteiger partial charge in [0.2, 0.25) is 6.54 Å². The Labute approximate surface area is 182 Å². The highest BCUT2D eigenvalue weighted by Crippen LogP contribution is 2.42. The molecule has 0 bridgehead atoms. The Bertz CT molecular complexity index is 1020. The minimum Gasteiger partial charge on any atom is -0.406 e. The summed E-state index contributed by atoms with van der Waals surface area (Å²) in [4.78, 5) is 14.7. The van der Waals surface area contributed by atoms with Gasteiger partial charge in [-0.05, 0) is 30.7 Å². The lowest BCUT2D eigenvalue weighted by Gasteiger charge is -2.40. The maximum Gasteiger partial charge on any atom is 0.573 e. The molecule has 2 rings (SSSR count). The Morgan fingerprint density at radius 2 is 1.75 bits per heavy atom. The number of rotatable bonds is 8. The lowest BCUT2D eigenvalue weighted by atomic mass is 9.68. The van der Waals surface area contributed by atoms with Gasteiger partial charge < -0.3 is 9.84 Å². The number of aliphatic hydroxyl groups is 1. The lowest BCUT2D eigenvalue weighted by Crippen LogP contribution is -2.54. The van der Waals surface area contributed by atoms with Crippen molar-refractivity contribution in [1.82, 2.24) is 4.98 Å². The molecule has 0 saturated carbocycles. The summed E-state index contributed by atoms with van der Waals surface area (Å²) in [5, 5.41) is 22.4. The van der Waals surface area contributed by atoms with Crippen molar-refractivity contribution in [1.29, 1.82) is 0 Å². The van der Waals surface area contributed by atoms with Crippen LogP contribution in [0.2, 0.25) is 0 Å². The van der Waals surface area contributed by atoms with E-state index in [0.717, 1.165) is 18.2 Å². The SMILES string of the molecule is C=C(/C(F)=C\C)[C@](O)(C[N+](=O)[O-])C(C)(C)c1ccc(-c2ccc(OC(F)(F)F)cc2)cn1. The van der Waals surface area contributed by atoms with Gasteiger partial charge in [-0.1, -0.05) is 44.7 Å². The van der Waals surface area contributed by atoms with E-state index in [4.69, 9.17) is 0 Å². The molecular weight excluding hydrogens is 432 g/mol. The van der Waals surface area contributed by atoms with Crippen molar-refractivity contribution < 1.29 is 32.3 Å². The van der Waals surface area contributed by atoms with E-state index in [1.807, 2.05) is 0 Å². The number of benzene rings is 1. The first kappa shape index (κ1) is 25.0. The molecule has 0 aliphatic carbocycles. The van der Waals surface area contributed by atoms with Crippen LogP contribution in [-0.4, -0.2) is 33.5 Å². The van der Waals surface area contributed by atoms with Gasteiger partial charge in [-0.2, -0.15) is 0 Å². The van der Waals surface area contributed by atoms with Crippen LogP contribution in [0.25, 0.3) is 11.1 Å². The first-order valence-corrected chi connectivity index (χ1v) is 9.39. The van der Waals surface area contributed by atoms with E-state index in [0.29, 0.717) is 11.1 Å². The van der Waals surface area contributed by atoms with E-state index in [1.54, 1.807) is 6.07 Å². The Kier molecular flexibility index (Phi) is 7.09. The van der Waals surface area contributed by atoms with Crippen molar-refractivity contribution in [3.05, 3.63) is 82.5 Å². The lowest BCUT2D eigenvalue weighted by molar-refractivity contribution is -0.501. The number of ether oxygens (including phenoxy) is 1. The van der Waals surface area contributed by atoms with E-state index < -0.39 is 40.2 Å². The number of alkyl halides is 3. The summed E-state index contributed by atoms with van der Waals surface area (Å²) >= 11 is 0. The highest BCUT2D eigenvalue weighted by Gasteiger charge is 2.52. The molecule has 0 fully saturated rings. The topological polar surface area (TPSA) is 85.5 Å². The third-order valence-corrected chi connectivity index (χ3v) is 5.26. The predicted octanol–water partition coefficient (Wildman–Crippen LogP) is 5.36. The van der Waals surface area contributed by atoms with Gasteiger partial charge >= 0.3 is 6.36 Å². The maximum atomic E-state index is 14.2. The molecule has 2 aromatic rings. The zero-order chi connectivity index (χ0) is 24.3. The zero-order valence-corrected chi connectivity index (χ0v) is 17.6. The highest BCUT2D eigenvalue weighted by molar-refractivity contribution is 5.63. The first-order valence-electron chi connectivity index (χ1n) is 9.39. The second-order valence-electron chi connectivity index (χ2n) is 7.60. The van der Waals surface area contributed by atoms with Crippen LogP contribution < -0.4 is 4.74 Å². The summed E-state index contributed by atoms with van der Waals surface area (Å²) in [5.74, 6) is -1.25. The number of nitro groups is 1. The molecule has 172 valence electrons. The molecule has 1 atom stereocenters. The first-order chi connectivity index (χ1) is 14.7. The Morgan fingerprint density at radius 1 is 1.19 bits per heavy atom. The Morgan fingerprint density at radius 3 is 2.19 bits per heavy atom. The number of pyridine rings is 1. The average molecular weight is 454 g/mol. The van der Waals surface area contributed by atoms with E-state index >= 15 is 0 Å². The van der Waals surface area contributed by atoms with Gasteiger partial charge in [0, 0.05) is 33.4 Å². The summed E-state index contributed by atoms with van der Waals surface area (Å²) in [6.07, 6.45) is -2.35. The third-order valence-electron chi connectivity index (χ3n) is 5.26. The largest absolute Gasteiger partial charge is 0.573 e. The van der Waals surface area contributed by atoms with Crippen LogP contribution in [0, 0.1) is 10.1 Å². The van der Waals surface area contributed by atoms with Gasteiger partial charge in [0.25, 0.3) is 0 Å². The fraction of sp³-hybridized carbons (Fsp3) is 0.318. The third kappa shape index (κ3) is 5.31. The van der Waals surface area contributed by atoms with Crippen LogP contribution in [0.4, 0.5) is 17.6 Å². The Balaban J connectivity index is 2.39. The molecule has 0 spiro atoms. The monoisotopic (exact) mass is 454 g/mol. The molecule has 32 heavy (non-hydrogen) atoms. The molecule has 1 aromatic heterocycles. The number of aromatic nitrogens is 1. The molecule has 10 heteroatoms. The van der Waals surface area contributed by atoms with Crippen molar-refractivity contribution in [2.45, 2.75) is 38.1 Å². The molecule has 0 aliphatic rings. The van der Waals surface area contributed by atoms with Crippen LogP contribution in [0.3, 0.4) is 0 Å². The van der Waals surface area contributed by atoms with E-state index in [9.17, 15) is 32.8 Å². The van der Waals surface area contributed by atoms with Gasteiger partial charge in [0.15, 0.2) is 5.60 Å². The van der Waals surface area contributed by atoms with Gasteiger partial charge in [0.05, 0.1) is 0 Å². The van der Waals surface area contributed by atoms with Crippen molar-refractivity contribution in [3.8, 4) is 16.9 Å². The van der Waals surface area contributed by atoms with Crippen LogP contribution in [0.1, 0.15) is 26.5 Å². The van der Waals surface area contributed by atoms with E-state index in [-0.39, 0.29) is 11.4 Å². The predicted molar refractivity (Wildman–Crippen MR) is 110 cm³/mol. The molecule has 0 aliphatic heterocycles. The van der Waals surface area contributed by atoms with Crippen LogP contribution in [-0.2, 0) is 5.41 Å².